The van der Waals surface area contributed by atoms with E-state index < -0.39 is 60.4 Å². The first-order valence-corrected chi connectivity index (χ1v) is 18.1. The van der Waals surface area contributed by atoms with Gasteiger partial charge in [0.25, 0.3) is 0 Å². The fourth-order valence-corrected chi connectivity index (χ4v) is 7.78. The van der Waals surface area contributed by atoms with Gasteiger partial charge in [-0.2, -0.15) is 0 Å². The highest BCUT2D eigenvalue weighted by Crippen LogP contribution is 2.45. The molecule has 0 radical (unpaired) electrons. The second-order valence-electron chi connectivity index (χ2n) is 13.6. The monoisotopic (exact) mass is 741 g/mol. The molecule has 0 aliphatic heterocycles. The fraction of sp³-hybridized carbons (Fsp3) is 0. The maximum Gasteiger partial charge on any atom is 0.164 e. The predicted molar refractivity (Wildman–Crippen MR) is 229 cm³/mol. The SMILES string of the molecule is [2H]c1c([2H])c([2H])c(-c2nc(-c3ccc4c(c3)oc3c(-c5ccc(-c6ccc7oc8ccccc8c7c6)c6c5oc5ccccc56)cccc34)nc(-c3c([2H])c([2H])c([2H])c([2H])c3[2H])n2)c([2H])c1[2H]. The molecule has 0 aliphatic rings. The van der Waals surface area contributed by atoms with Crippen molar-refractivity contribution in [1.82, 2.24) is 15.0 Å². The zero-order valence-electron chi connectivity index (χ0n) is 39.5. The van der Waals surface area contributed by atoms with Gasteiger partial charge in [0.05, 0.1) is 13.7 Å². The molecule has 0 unspecified atom stereocenters. The minimum atomic E-state index is -0.624. The molecule has 6 nitrogen and oxygen atoms in total. The summed E-state index contributed by atoms with van der Waals surface area (Å²) in [6.07, 6.45) is 0. The van der Waals surface area contributed by atoms with Crippen molar-refractivity contribution < 1.29 is 27.0 Å². The molecule has 12 aromatic rings. The van der Waals surface area contributed by atoms with E-state index in [1.807, 2.05) is 72.8 Å². The van der Waals surface area contributed by atoms with Crippen LogP contribution < -0.4 is 0 Å². The van der Waals surface area contributed by atoms with Crippen LogP contribution >= 0.6 is 0 Å². The van der Waals surface area contributed by atoms with Crippen LogP contribution in [-0.4, -0.2) is 15.0 Å². The van der Waals surface area contributed by atoms with Gasteiger partial charge in [-0.15, -0.1) is 0 Å². The highest BCUT2D eigenvalue weighted by atomic mass is 16.3. The maximum atomic E-state index is 8.69. The highest BCUT2D eigenvalue weighted by molar-refractivity contribution is 6.19. The van der Waals surface area contributed by atoms with Gasteiger partial charge in [0.1, 0.15) is 33.5 Å². The minimum absolute atomic E-state index is 0.0672. The number of benzene rings is 8. The van der Waals surface area contributed by atoms with Crippen molar-refractivity contribution in [2.75, 3.05) is 0 Å². The average molecular weight is 742 g/mol. The van der Waals surface area contributed by atoms with Gasteiger partial charge in [-0.1, -0.05) is 133 Å². The third-order valence-electron chi connectivity index (χ3n) is 10.3. The molecule has 266 valence electrons. The molecule has 8 aromatic carbocycles. The number of aromatic nitrogens is 3. The van der Waals surface area contributed by atoms with E-state index >= 15 is 0 Å². The molecule has 0 bridgehead atoms. The molecule has 57 heavy (non-hydrogen) atoms. The lowest BCUT2D eigenvalue weighted by molar-refractivity contribution is 0.665. The number of para-hydroxylation sites is 3. The molecule has 6 heteroatoms. The Kier molecular flexibility index (Phi) is 5.02. The largest absolute Gasteiger partial charge is 0.456 e. The van der Waals surface area contributed by atoms with Crippen LogP contribution in [0.5, 0.6) is 0 Å². The van der Waals surface area contributed by atoms with Crippen molar-refractivity contribution in [1.29, 1.82) is 0 Å². The Morgan fingerprint density at radius 3 is 1.67 bits per heavy atom. The van der Waals surface area contributed by atoms with Gasteiger partial charge < -0.3 is 13.3 Å². The van der Waals surface area contributed by atoms with Crippen LogP contribution in [0.15, 0.2) is 189 Å². The molecule has 0 N–H and O–H groups in total. The molecule has 0 atom stereocenters. The van der Waals surface area contributed by atoms with Crippen LogP contribution in [-0.2, 0) is 0 Å². The quantitative estimate of drug-likeness (QED) is 0.175. The number of hydrogen-bond donors (Lipinski definition) is 0. The summed E-state index contributed by atoms with van der Waals surface area (Å²) in [5, 5.41) is 5.50. The van der Waals surface area contributed by atoms with Crippen molar-refractivity contribution >= 4 is 65.8 Å². The number of nitrogens with zero attached hydrogens (tertiary/aromatic N) is 3. The third-order valence-corrected chi connectivity index (χ3v) is 10.3. The van der Waals surface area contributed by atoms with Gasteiger partial charge in [0.15, 0.2) is 17.5 Å². The molecule has 0 saturated heterocycles. The molecule has 4 heterocycles. The van der Waals surface area contributed by atoms with E-state index in [9.17, 15) is 0 Å². The van der Waals surface area contributed by atoms with Crippen molar-refractivity contribution in [2.45, 2.75) is 0 Å². The average Bonchev–Trinajstić information content (AvgIpc) is 4.05. The first kappa shape index (κ1) is 23.2. The molecular formula is C51H29N3O3. The van der Waals surface area contributed by atoms with Crippen LogP contribution in [0.4, 0.5) is 0 Å². The number of rotatable bonds is 5. The lowest BCUT2D eigenvalue weighted by Crippen LogP contribution is -2.00. The number of fused-ring (bicyclic) bond motifs is 9. The van der Waals surface area contributed by atoms with Crippen molar-refractivity contribution in [3.05, 3.63) is 176 Å². The van der Waals surface area contributed by atoms with Crippen molar-refractivity contribution in [3.8, 4) is 56.4 Å². The van der Waals surface area contributed by atoms with Gasteiger partial charge in [0, 0.05) is 60.1 Å². The van der Waals surface area contributed by atoms with Gasteiger partial charge in [-0.3, -0.25) is 0 Å². The smallest absolute Gasteiger partial charge is 0.164 e. The molecule has 0 fully saturated rings. The molecule has 0 saturated carbocycles. The Bertz CT molecular complexity index is 4000. The number of hydrogen-bond acceptors (Lipinski definition) is 6. The maximum absolute atomic E-state index is 8.69. The Labute approximate surface area is 339 Å². The molecule has 4 aromatic heterocycles. The highest BCUT2D eigenvalue weighted by Gasteiger charge is 2.22. The second-order valence-corrected chi connectivity index (χ2v) is 13.6. The summed E-state index contributed by atoms with van der Waals surface area (Å²) in [7, 11) is 0. The summed E-state index contributed by atoms with van der Waals surface area (Å²) in [6, 6.07) is 31.3. The molecule has 0 amide bonds. The van der Waals surface area contributed by atoms with E-state index in [0.717, 1.165) is 71.3 Å². The summed E-state index contributed by atoms with van der Waals surface area (Å²) in [4.78, 5) is 13.6. The molecular weight excluding hydrogens is 703 g/mol. The van der Waals surface area contributed by atoms with E-state index in [1.54, 1.807) is 12.1 Å². The Balaban J connectivity index is 1.04. The molecule has 0 aliphatic carbocycles. The predicted octanol–water partition coefficient (Wildman–Crippen LogP) is 13.9. The number of furan rings is 3. The molecule has 12 rings (SSSR count). The van der Waals surface area contributed by atoms with Gasteiger partial charge >= 0.3 is 0 Å². The van der Waals surface area contributed by atoms with E-state index in [1.165, 1.54) is 0 Å². The summed E-state index contributed by atoms with van der Waals surface area (Å²) < 4.78 is 104. The van der Waals surface area contributed by atoms with Crippen molar-refractivity contribution in [3.63, 3.8) is 0 Å². The fourth-order valence-electron chi connectivity index (χ4n) is 7.78. The summed E-state index contributed by atoms with van der Waals surface area (Å²) in [5.74, 6) is -0.776. The van der Waals surface area contributed by atoms with E-state index in [-0.39, 0.29) is 28.6 Å². The summed E-state index contributed by atoms with van der Waals surface area (Å²) in [6.45, 7) is 0. The summed E-state index contributed by atoms with van der Waals surface area (Å²) >= 11 is 0. The zero-order chi connectivity index (χ0) is 46.2. The molecule has 0 spiro atoms. The van der Waals surface area contributed by atoms with E-state index in [2.05, 4.69) is 45.3 Å². The van der Waals surface area contributed by atoms with Crippen LogP contribution in [0.25, 0.3) is 122 Å². The van der Waals surface area contributed by atoms with E-state index in [4.69, 9.17) is 27.0 Å². The van der Waals surface area contributed by atoms with Crippen LogP contribution in [0.2, 0.25) is 0 Å². The first-order chi connectivity index (χ1) is 32.4. The summed E-state index contributed by atoms with van der Waals surface area (Å²) in [5.41, 5.74) is 7.25. The van der Waals surface area contributed by atoms with Crippen LogP contribution in [0.1, 0.15) is 13.7 Å². The third kappa shape index (κ3) is 5.01. The Hall–Kier alpha value is -7.83. The zero-order valence-corrected chi connectivity index (χ0v) is 29.5. The lowest BCUT2D eigenvalue weighted by Gasteiger charge is -2.09. The standard InChI is InChI=1S/C51H29N3O3/c1-3-12-30(13-4-1)49-52-50(31-14-5-2-6-15-31)54-51(53-49)33-22-24-36-37-18-11-19-38(47(37)57-45(36)29-33)39-26-25-34(46-40-17-8-10-21-43(40)56-48(39)46)32-23-27-44-41(28-32)35-16-7-9-20-42(35)55-44/h1-29H/i1D,2D,3D,4D,5D,6D,12D,13D,14D,15D. The van der Waals surface area contributed by atoms with Gasteiger partial charge in [-0.05, 0) is 53.6 Å². The lowest BCUT2D eigenvalue weighted by atomic mass is 9.93. The first-order valence-electron chi connectivity index (χ1n) is 23.1. The van der Waals surface area contributed by atoms with E-state index in [0.29, 0.717) is 22.3 Å². The Morgan fingerprint density at radius 1 is 0.351 bits per heavy atom. The van der Waals surface area contributed by atoms with Crippen LogP contribution in [0.3, 0.4) is 0 Å². The van der Waals surface area contributed by atoms with Crippen LogP contribution in [0, 0.1) is 0 Å². The van der Waals surface area contributed by atoms with Crippen molar-refractivity contribution in [2.24, 2.45) is 0 Å². The Morgan fingerprint density at radius 2 is 0.912 bits per heavy atom. The van der Waals surface area contributed by atoms with Gasteiger partial charge in [-0.25, -0.2) is 15.0 Å². The topological polar surface area (TPSA) is 78.1 Å². The normalized spacial score (nSPS) is 14.3. The van der Waals surface area contributed by atoms with Gasteiger partial charge in [0.2, 0.25) is 0 Å². The minimum Gasteiger partial charge on any atom is -0.456 e. The second kappa shape index (κ2) is 12.3.